The molecule has 262 valence electrons. The highest BCUT2D eigenvalue weighted by molar-refractivity contribution is 7.26. The van der Waals surface area contributed by atoms with Crippen LogP contribution in [-0.2, 0) is 0 Å². The van der Waals surface area contributed by atoms with Gasteiger partial charge < -0.3 is 9.13 Å². The zero-order valence-electron chi connectivity index (χ0n) is 30.0. The predicted octanol–water partition coefficient (Wildman–Crippen LogP) is 13.2. The van der Waals surface area contributed by atoms with Gasteiger partial charge in [-0.3, -0.25) is 0 Å². The fraction of sp³-hybridized carbons (Fsp3) is 0. The largest absolute Gasteiger partial charge is 0.309 e. The first-order chi connectivity index (χ1) is 27.8. The summed E-state index contributed by atoms with van der Waals surface area (Å²) in [5.74, 6) is 0. The molecule has 5 nitrogen and oxygen atoms in total. The lowest BCUT2D eigenvalue weighted by atomic mass is 10.0. The second-order valence-corrected chi connectivity index (χ2v) is 15.3. The van der Waals surface area contributed by atoms with Gasteiger partial charge in [0.05, 0.1) is 27.8 Å². The Labute approximate surface area is 325 Å². The number of hydrogen-bond acceptors (Lipinski definition) is 3. The molecule has 0 fully saturated rings. The third-order valence-corrected chi connectivity index (χ3v) is 12.4. The molecule has 4 heterocycles. The molecule has 0 bridgehead atoms. The van der Waals surface area contributed by atoms with E-state index in [1.807, 2.05) is 28.2 Å². The molecule has 0 atom stereocenters. The molecule has 56 heavy (non-hydrogen) atoms. The van der Waals surface area contributed by atoms with Crippen LogP contribution in [0.1, 0.15) is 0 Å². The molecule has 0 N–H and O–H groups in total. The van der Waals surface area contributed by atoms with Crippen molar-refractivity contribution in [3.8, 4) is 39.6 Å². The van der Waals surface area contributed by atoms with E-state index in [1.165, 1.54) is 42.0 Å². The monoisotopic (exact) mass is 733 g/mol. The van der Waals surface area contributed by atoms with E-state index < -0.39 is 0 Å². The molecule has 0 spiro atoms. The van der Waals surface area contributed by atoms with Gasteiger partial charge in [0.25, 0.3) is 0 Å². The van der Waals surface area contributed by atoms with Crippen molar-refractivity contribution in [2.45, 2.75) is 0 Å². The standard InChI is InChI=1S/C50H31N5S/c1-3-15-32(16-4-1)48-49(33-17-5-2-6-18-33)55(52-51-48)44-27-14-26-42-46(44)38-22-7-10-24-40(38)53(42)34-19-13-20-35(31-34)54-41-25-11-8-23-39(41)47-43(54)30-29-37-36-21-9-12-28-45(36)56-50(37)47/h1-31H. The molecule has 8 aromatic carbocycles. The lowest BCUT2D eigenvalue weighted by Gasteiger charge is -2.13. The minimum Gasteiger partial charge on any atom is -0.309 e. The van der Waals surface area contributed by atoms with Gasteiger partial charge in [0.1, 0.15) is 11.4 Å². The Kier molecular flexibility index (Phi) is 6.73. The van der Waals surface area contributed by atoms with Gasteiger partial charge in [-0.05, 0) is 54.6 Å². The van der Waals surface area contributed by atoms with Crippen molar-refractivity contribution in [1.82, 2.24) is 24.1 Å². The van der Waals surface area contributed by atoms with Crippen LogP contribution in [-0.4, -0.2) is 24.1 Å². The van der Waals surface area contributed by atoms with Crippen LogP contribution in [0.3, 0.4) is 0 Å². The molecule has 0 saturated heterocycles. The summed E-state index contributed by atoms with van der Waals surface area (Å²) in [6.07, 6.45) is 0. The van der Waals surface area contributed by atoms with E-state index in [0.717, 1.165) is 61.4 Å². The van der Waals surface area contributed by atoms with E-state index in [4.69, 9.17) is 10.3 Å². The average Bonchev–Trinajstić information content (AvgIpc) is 4.04. The summed E-state index contributed by atoms with van der Waals surface area (Å²) in [4.78, 5) is 0. The molecule has 0 radical (unpaired) electrons. The number of nitrogens with zero attached hydrogens (tertiary/aromatic N) is 5. The number of rotatable bonds is 5. The molecule has 12 rings (SSSR count). The van der Waals surface area contributed by atoms with E-state index in [0.29, 0.717) is 0 Å². The van der Waals surface area contributed by atoms with Gasteiger partial charge in [-0.2, -0.15) is 0 Å². The Hall–Kier alpha value is -7.28. The Morgan fingerprint density at radius 2 is 0.982 bits per heavy atom. The summed E-state index contributed by atoms with van der Waals surface area (Å²) >= 11 is 1.89. The quantitative estimate of drug-likeness (QED) is 0.177. The number of thiophene rings is 1. The van der Waals surface area contributed by atoms with Crippen molar-refractivity contribution in [3.05, 3.63) is 188 Å². The molecule has 0 saturated carbocycles. The molecule has 0 amide bonds. The molecular formula is C50H31N5S. The zero-order valence-corrected chi connectivity index (χ0v) is 30.9. The van der Waals surface area contributed by atoms with Gasteiger partial charge in [0.2, 0.25) is 0 Å². The second kappa shape index (κ2) is 12.1. The van der Waals surface area contributed by atoms with Gasteiger partial charge in [-0.15, -0.1) is 16.4 Å². The Balaban J connectivity index is 1.10. The van der Waals surface area contributed by atoms with Crippen molar-refractivity contribution in [2.75, 3.05) is 0 Å². The summed E-state index contributed by atoms with van der Waals surface area (Å²) < 4.78 is 9.51. The average molecular weight is 734 g/mol. The molecule has 6 heteroatoms. The molecular weight excluding hydrogens is 703 g/mol. The van der Waals surface area contributed by atoms with Crippen molar-refractivity contribution < 1.29 is 0 Å². The van der Waals surface area contributed by atoms with E-state index in [1.54, 1.807) is 0 Å². The van der Waals surface area contributed by atoms with Crippen LogP contribution in [0, 0.1) is 0 Å². The summed E-state index contributed by atoms with van der Waals surface area (Å²) in [7, 11) is 0. The van der Waals surface area contributed by atoms with Crippen molar-refractivity contribution in [2.24, 2.45) is 0 Å². The van der Waals surface area contributed by atoms with Crippen LogP contribution in [0.2, 0.25) is 0 Å². The first-order valence-electron chi connectivity index (χ1n) is 18.9. The number of fused-ring (bicyclic) bond motifs is 10. The van der Waals surface area contributed by atoms with Gasteiger partial charge in [0.15, 0.2) is 0 Å². The predicted molar refractivity (Wildman–Crippen MR) is 234 cm³/mol. The van der Waals surface area contributed by atoms with Crippen LogP contribution in [0.5, 0.6) is 0 Å². The maximum absolute atomic E-state index is 4.87. The van der Waals surface area contributed by atoms with Crippen LogP contribution in [0.25, 0.3) is 103 Å². The van der Waals surface area contributed by atoms with Crippen molar-refractivity contribution >= 4 is 75.1 Å². The fourth-order valence-electron chi connectivity index (χ4n) is 8.84. The minimum absolute atomic E-state index is 0.851. The third-order valence-electron chi connectivity index (χ3n) is 11.2. The molecule has 0 unspecified atom stereocenters. The second-order valence-electron chi connectivity index (χ2n) is 14.3. The molecule has 0 aliphatic carbocycles. The van der Waals surface area contributed by atoms with Crippen molar-refractivity contribution in [1.29, 1.82) is 0 Å². The van der Waals surface area contributed by atoms with Gasteiger partial charge in [-0.25, -0.2) is 4.68 Å². The van der Waals surface area contributed by atoms with Crippen LogP contribution >= 0.6 is 11.3 Å². The highest BCUT2D eigenvalue weighted by atomic mass is 32.1. The summed E-state index contributed by atoms with van der Waals surface area (Å²) in [6, 6.07) is 67.2. The van der Waals surface area contributed by atoms with Crippen LogP contribution in [0.15, 0.2) is 188 Å². The number of hydrogen-bond donors (Lipinski definition) is 0. The topological polar surface area (TPSA) is 40.6 Å². The third kappa shape index (κ3) is 4.48. The molecule has 0 aliphatic heterocycles. The van der Waals surface area contributed by atoms with E-state index in [2.05, 4.69) is 185 Å². The fourth-order valence-corrected chi connectivity index (χ4v) is 10.1. The smallest absolute Gasteiger partial charge is 0.121 e. The van der Waals surface area contributed by atoms with E-state index in [9.17, 15) is 0 Å². The van der Waals surface area contributed by atoms with Crippen molar-refractivity contribution in [3.63, 3.8) is 0 Å². The van der Waals surface area contributed by atoms with E-state index >= 15 is 0 Å². The molecule has 0 aliphatic rings. The lowest BCUT2D eigenvalue weighted by Crippen LogP contribution is -2.01. The minimum atomic E-state index is 0.851. The number of benzene rings is 8. The first-order valence-corrected chi connectivity index (χ1v) is 19.7. The highest BCUT2D eigenvalue weighted by Gasteiger charge is 2.23. The first kappa shape index (κ1) is 31.1. The van der Waals surface area contributed by atoms with Gasteiger partial charge in [0, 0.05) is 64.2 Å². The Morgan fingerprint density at radius 1 is 0.411 bits per heavy atom. The summed E-state index contributed by atoms with van der Waals surface area (Å²) in [6.45, 7) is 0. The number of para-hydroxylation sites is 2. The number of aromatic nitrogens is 5. The van der Waals surface area contributed by atoms with E-state index in [-0.39, 0.29) is 0 Å². The van der Waals surface area contributed by atoms with Crippen LogP contribution in [0.4, 0.5) is 0 Å². The highest BCUT2D eigenvalue weighted by Crippen LogP contribution is 2.44. The molecule has 12 aromatic rings. The summed E-state index contributed by atoms with van der Waals surface area (Å²) in [5, 5.41) is 17.2. The lowest BCUT2D eigenvalue weighted by molar-refractivity contribution is 0.813. The van der Waals surface area contributed by atoms with Gasteiger partial charge >= 0.3 is 0 Å². The summed E-state index contributed by atoms with van der Waals surface area (Å²) in [5.41, 5.74) is 11.7. The normalized spacial score (nSPS) is 11.9. The van der Waals surface area contributed by atoms with Crippen LogP contribution < -0.4 is 0 Å². The van der Waals surface area contributed by atoms with Gasteiger partial charge in [-0.1, -0.05) is 139 Å². The maximum atomic E-state index is 4.87. The zero-order chi connectivity index (χ0) is 36.7. The molecule has 4 aromatic heterocycles. The maximum Gasteiger partial charge on any atom is 0.121 e. The Bertz CT molecular complexity index is 3480. The Morgan fingerprint density at radius 3 is 1.71 bits per heavy atom. The SMILES string of the molecule is c1ccc(-c2nnn(-c3cccc4c3c3ccccc3n4-c3cccc(-n4c5ccccc5c5c6sc7ccccc7c6ccc54)c3)c2-c2ccccc2)cc1.